The smallest absolute Gasteiger partial charge is 0.106 e. The van der Waals surface area contributed by atoms with Crippen LogP contribution in [0.1, 0.15) is 31.0 Å². The summed E-state index contributed by atoms with van der Waals surface area (Å²) in [6.45, 7) is 6.49. The molecule has 4 nitrogen and oxygen atoms in total. The van der Waals surface area contributed by atoms with Gasteiger partial charge in [0.1, 0.15) is 5.01 Å². The Bertz CT molecular complexity index is 355. The fourth-order valence-electron chi connectivity index (χ4n) is 1.88. The maximum absolute atomic E-state index is 5.58. The van der Waals surface area contributed by atoms with Crippen LogP contribution in [0.15, 0.2) is 5.38 Å². The summed E-state index contributed by atoms with van der Waals surface area (Å²) in [5, 5.41) is 6.61. The third kappa shape index (κ3) is 2.43. The molecule has 0 aromatic carbocycles. The van der Waals surface area contributed by atoms with E-state index in [1.807, 2.05) is 0 Å². The Morgan fingerprint density at radius 2 is 2.56 bits per heavy atom. The zero-order valence-corrected chi connectivity index (χ0v) is 10.6. The number of rotatable bonds is 4. The fraction of sp³-hybridized carbons (Fsp3) is 0.727. The number of nitrogens with zero attached hydrogens (tertiary/aromatic N) is 1. The van der Waals surface area contributed by atoms with Crippen molar-refractivity contribution in [3.05, 3.63) is 16.1 Å². The number of aromatic nitrogens is 1. The zero-order valence-electron chi connectivity index (χ0n) is 9.82. The van der Waals surface area contributed by atoms with Gasteiger partial charge in [0, 0.05) is 30.6 Å². The number of nitrogens with one attached hydrogen (secondary N) is 1. The summed E-state index contributed by atoms with van der Waals surface area (Å²) >= 11 is 1.62. The number of ether oxygens (including phenoxy) is 1. The molecule has 1 fully saturated rings. The molecule has 2 unspecified atom stereocenters. The second kappa shape index (κ2) is 4.79. The summed E-state index contributed by atoms with van der Waals surface area (Å²) in [6.07, 6.45) is 1.32. The first-order chi connectivity index (χ1) is 7.64. The summed E-state index contributed by atoms with van der Waals surface area (Å²) in [6, 6.07) is 0. The molecule has 0 aliphatic carbocycles. The SMILES string of the molecule is CC1OCCC1(C)NCc1csc(CN)n1. The van der Waals surface area contributed by atoms with Crippen molar-refractivity contribution in [1.29, 1.82) is 0 Å². The van der Waals surface area contributed by atoms with E-state index in [2.05, 4.69) is 29.5 Å². The lowest BCUT2D eigenvalue weighted by molar-refractivity contribution is 0.0880. The van der Waals surface area contributed by atoms with Gasteiger partial charge in [0.05, 0.1) is 11.8 Å². The van der Waals surface area contributed by atoms with Crippen molar-refractivity contribution in [2.75, 3.05) is 6.61 Å². The van der Waals surface area contributed by atoms with Crippen molar-refractivity contribution >= 4 is 11.3 Å². The molecule has 1 aromatic heterocycles. The summed E-state index contributed by atoms with van der Waals surface area (Å²) in [7, 11) is 0. The summed E-state index contributed by atoms with van der Waals surface area (Å²) in [5.74, 6) is 0. The van der Waals surface area contributed by atoms with Crippen LogP contribution >= 0.6 is 11.3 Å². The average Bonchev–Trinajstić information content (AvgIpc) is 2.85. The molecular weight excluding hydrogens is 222 g/mol. The van der Waals surface area contributed by atoms with Crippen molar-refractivity contribution in [2.45, 2.75) is 45.0 Å². The molecule has 0 radical (unpaired) electrons. The van der Waals surface area contributed by atoms with Gasteiger partial charge in [-0.2, -0.15) is 0 Å². The first kappa shape index (κ1) is 12.0. The number of thiazole rings is 1. The van der Waals surface area contributed by atoms with Crippen molar-refractivity contribution in [3.63, 3.8) is 0 Å². The lowest BCUT2D eigenvalue weighted by atomic mass is 9.95. The standard InChI is InChI=1S/C11H19N3OS/c1-8-11(2,3-4-15-8)13-6-9-7-16-10(5-12)14-9/h7-8,13H,3-6,12H2,1-2H3. The van der Waals surface area contributed by atoms with Crippen LogP contribution in [0.25, 0.3) is 0 Å². The Labute approximate surface area is 100 Å². The molecular formula is C11H19N3OS. The second-order valence-corrected chi connectivity index (χ2v) is 5.41. The molecule has 5 heteroatoms. The molecule has 2 heterocycles. The van der Waals surface area contributed by atoms with Crippen LogP contribution in [-0.2, 0) is 17.8 Å². The molecule has 1 saturated heterocycles. The molecule has 16 heavy (non-hydrogen) atoms. The van der Waals surface area contributed by atoms with Crippen LogP contribution in [0, 0.1) is 0 Å². The van der Waals surface area contributed by atoms with Crippen LogP contribution < -0.4 is 11.1 Å². The van der Waals surface area contributed by atoms with Crippen LogP contribution in [0.3, 0.4) is 0 Å². The van der Waals surface area contributed by atoms with Crippen LogP contribution in [0.4, 0.5) is 0 Å². The minimum Gasteiger partial charge on any atom is -0.377 e. The first-order valence-corrected chi connectivity index (χ1v) is 6.52. The summed E-state index contributed by atoms with van der Waals surface area (Å²) in [5.41, 5.74) is 6.69. The highest BCUT2D eigenvalue weighted by molar-refractivity contribution is 7.09. The number of nitrogens with two attached hydrogens (primary N) is 1. The van der Waals surface area contributed by atoms with E-state index in [-0.39, 0.29) is 11.6 Å². The van der Waals surface area contributed by atoms with E-state index in [1.165, 1.54) is 0 Å². The van der Waals surface area contributed by atoms with Gasteiger partial charge in [-0.1, -0.05) is 0 Å². The van der Waals surface area contributed by atoms with Gasteiger partial charge >= 0.3 is 0 Å². The van der Waals surface area contributed by atoms with E-state index >= 15 is 0 Å². The molecule has 2 rings (SSSR count). The highest BCUT2D eigenvalue weighted by atomic mass is 32.1. The molecule has 0 bridgehead atoms. The van der Waals surface area contributed by atoms with Crippen molar-refractivity contribution in [1.82, 2.24) is 10.3 Å². The molecule has 2 atom stereocenters. The molecule has 90 valence electrons. The van der Waals surface area contributed by atoms with Crippen LogP contribution in [-0.4, -0.2) is 23.2 Å². The maximum Gasteiger partial charge on any atom is 0.106 e. The highest BCUT2D eigenvalue weighted by Crippen LogP contribution is 2.25. The quantitative estimate of drug-likeness (QED) is 0.833. The highest BCUT2D eigenvalue weighted by Gasteiger charge is 2.36. The van der Waals surface area contributed by atoms with Gasteiger partial charge < -0.3 is 15.8 Å². The van der Waals surface area contributed by atoms with E-state index in [4.69, 9.17) is 10.5 Å². The van der Waals surface area contributed by atoms with Gasteiger partial charge in [-0.3, -0.25) is 0 Å². The van der Waals surface area contributed by atoms with Gasteiger partial charge in [0.15, 0.2) is 0 Å². The topological polar surface area (TPSA) is 60.2 Å². The summed E-state index contributed by atoms with van der Waals surface area (Å²) < 4.78 is 5.58. The molecule has 1 aromatic rings. The molecule has 1 aliphatic heterocycles. The van der Waals surface area contributed by atoms with Crippen molar-refractivity contribution < 1.29 is 4.74 Å². The number of hydrogen-bond donors (Lipinski definition) is 2. The Morgan fingerprint density at radius 3 is 3.12 bits per heavy atom. The molecule has 0 saturated carbocycles. The first-order valence-electron chi connectivity index (χ1n) is 5.64. The monoisotopic (exact) mass is 241 g/mol. The lowest BCUT2D eigenvalue weighted by Crippen LogP contribution is -2.47. The van der Waals surface area contributed by atoms with E-state index in [1.54, 1.807) is 11.3 Å². The lowest BCUT2D eigenvalue weighted by Gasteiger charge is -2.28. The van der Waals surface area contributed by atoms with Gasteiger partial charge in [-0.05, 0) is 20.3 Å². The molecule has 0 spiro atoms. The fourth-order valence-corrected chi connectivity index (χ4v) is 2.56. The Hall–Kier alpha value is -0.490. The Balaban J connectivity index is 1.91. The van der Waals surface area contributed by atoms with Gasteiger partial charge in [-0.25, -0.2) is 4.98 Å². The van der Waals surface area contributed by atoms with Crippen LogP contribution in [0.2, 0.25) is 0 Å². The summed E-state index contributed by atoms with van der Waals surface area (Å²) in [4.78, 5) is 4.44. The minimum absolute atomic E-state index is 0.0759. The van der Waals surface area contributed by atoms with Crippen LogP contribution in [0.5, 0.6) is 0 Å². The zero-order chi connectivity index (χ0) is 11.6. The average molecular weight is 241 g/mol. The van der Waals surface area contributed by atoms with E-state index in [0.717, 1.165) is 30.3 Å². The van der Waals surface area contributed by atoms with Gasteiger partial charge in [0.2, 0.25) is 0 Å². The van der Waals surface area contributed by atoms with E-state index < -0.39 is 0 Å². The normalized spacial score (nSPS) is 29.8. The Kier molecular flexibility index (Phi) is 3.59. The Morgan fingerprint density at radius 1 is 1.75 bits per heavy atom. The second-order valence-electron chi connectivity index (χ2n) is 4.47. The van der Waals surface area contributed by atoms with E-state index in [0.29, 0.717) is 6.54 Å². The predicted molar refractivity (Wildman–Crippen MR) is 65.3 cm³/mol. The van der Waals surface area contributed by atoms with Crippen molar-refractivity contribution in [3.8, 4) is 0 Å². The van der Waals surface area contributed by atoms with Gasteiger partial charge in [-0.15, -0.1) is 11.3 Å². The molecule has 1 aliphatic rings. The maximum atomic E-state index is 5.58. The molecule has 3 N–H and O–H groups in total. The third-order valence-corrected chi connectivity index (χ3v) is 4.25. The largest absolute Gasteiger partial charge is 0.377 e. The van der Waals surface area contributed by atoms with E-state index in [9.17, 15) is 0 Å². The predicted octanol–water partition coefficient (Wildman–Crippen LogP) is 1.26. The number of hydrogen-bond acceptors (Lipinski definition) is 5. The van der Waals surface area contributed by atoms with Gasteiger partial charge in [0.25, 0.3) is 0 Å². The van der Waals surface area contributed by atoms with Crippen molar-refractivity contribution in [2.24, 2.45) is 5.73 Å². The minimum atomic E-state index is 0.0759. The third-order valence-electron chi connectivity index (χ3n) is 3.33. The molecule has 0 amide bonds.